The Morgan fingerprint density at radius 1 is 1.54 bits per heavy atom. The molecule has 1 atom stereocenters. The van der Waals surface area contributed by atoms with E-state index in [2.05, 4.69) is 10.3 Å². The zero-order valence-corrected chi connectivity index (χ0v) is 8.25. The first-order valence-corrected chi connectivity index (χ1v) is 4.61. The second-order valence-corrected chi connectivity index (χ2v) is 3.36. The van der Waals surface area contributed by atoms with Gasteiger partial charge in [-0.1, -0.05) is 6.07 Å². The second-order valence-electron chi connectivity index (χ2n) is 3.36. The van der Waals surface area contributed by atoms with Crippen LogP contribution in [0.1, 0.15) is 19.0 Å². The summed E-state index contributed by atoms with van der Waals surface area (Å²) in [6.45, 7) is 4.87. The maximum Gasteiger partial charge on any atom is 0.126 e. The maximum atomic E-state index is 5.63. The van der Waals surface area contributed by atoms with Gasteiger partial charge in [0, 0.05) is 18.3 Å². The third-order valence-corrected chi connectivity index (χ3v) is 1.79. The van der Waals surface area contributed by atoms with Gasteiger partial charge in [0.25, 0.3) is 0 Å². The van der Waals surface area contributed by atoms with E-state index < -0.39 is 0 Å². The van der Waals surface area contributed by atoms with Crippen molar-refractivity contribution in [1.29, 1.82) is 0 Å². The summed E-state index contributed by atoms with van der Waals surface area (Å²) in [5.74, 6) is 0.931. The van der Waals surface area contributed by atoms with E-state index in [4.69, 9.17) is 5.73 Å². The lowest BCUT2D eigenvalue weighted by Gasteiger charge is -2.07. The summed E-state index contributed by atoms with van der Waals surface area (Å²) in [5, 5.41) is 3.23. The Hall–Kier alpha value is -1.09. The first-order valence-electron chi connectivity index (χ1n) is 4.61. The predicted molar refractivity (Wildman–Crippen MR) is 55.7 cm³/mol. The van der Waals surface area contributed by atoms with Gasteiger partial charge in [0.05, 0.1) is 0 Å². The summed E-state index contributed by atoms with van der Waals surface area (Å²) < 4.78 is 0. The van der Waals surface area contributed by atoms with Crippen LogP contribution in [0.5, 0.6) is 0 Å². The minimum absolute atomic E-state index is 0.248. The molecule has 0 bridgehead atoms. The van der Waals surface area contributed by atoms with Gasteiger partial charge >= 0.3 is 0 Å². The van der Waals surface area contributed by atoms with Gasteiger partial charge in [0.1, 0.15) is 5.82 Å². The standard InChI is InChI=1S/C10H17N3/c1-8(11)6-7-12-10-5-3-4-9(2)13-10/h3-5,8H,6-7,11H2,1-2H3,(H,12,13). The summed E-state index contributed by atoms with van der Waals surface area (Å²) in [5.41, 5.74) is 6.66. The van der Waals surface area contributed by atoms with Gasteiger partial charge in [-0.3, -0.25) is 0 Å². The van der Waals surface area contributed by atoms with Crippen LogP contribution in [0.25, 0.3) is 0 Å². The van der Waals surface area contributed by atoms with E-state index >= 15 is 0 Å². The van der Waals surface area contributed by atoms with Crippen molar-refractivity contribution < 1.29 is 0 Å². The van der Waals surface area contributed by atoms with Crippen LogP contribution in [0.3, 0.4) is 0 Å². The summed E-state index contributed by atoms with van der Waals surface area (Å²) in [6, 6.07) is 6.19. The molecule has 1 aromatic rings. The second kappa shape index (κ2) is 4.82. The molecule has 0 amide bonds. The predicted octanol–water partition coefficient (Wildman–Crippen LogP) is 1.54. The lowest BCUT2D eigenvalue weighted by Crippen LogP contribution is -2.19. The highest BCUT2D eigenvalue weighted by Gasteiger charge is 1.95. The summed E-state index contributed by atoms with van der Waals surface area (Å²) in [7, 11) is 0. The van der Waals surface area contributed by atoms with E-state index in [9.17, 15) is 0 Å². The molecular formula is C10H17N3. The number of hydrogen-bond acceptors (Lipinski definition) is 3. The van der Waals surface area contributed by atoms with Crippen LogP contribution in [0.2, 0.25) is 0 Å². The van der Waals surface area contributed by atoms with Gasteiger partial charge in [-0.15, -0.1) is 0 Å². The SMILES string of the molecule is Cc1cccc(NCCC(C)N)n1. The lowest BCUT2D eigenvalue weighted by molar-refractivity contribution is 0.689. The molecular weight excluding hydrogens is 162 g/mol. The number of aryl methyl sites for hydroxylation is 1. The molecule has 3 N–H and O–H groups in total. The zero-order valence-electron chi connectivity index (χ0n) is 8.25. The molecule has 1 rings (SSSR count). The number of nitrogens with zero attached hydrogens (tertiary/aromatic N) is 1. The molecule has 0 spiro atoms. The Morgan fingerprint density at radius 2 is 2.31 bits per heavy atom. The average molecular weight is 179 g/mol. The van der Waals surface area contributed by atoms with Crippen molar-refractivity contribution in [2.24, 2.45) is 5.73 Å². The van der Waals surface area contributed by atoms with E-state index in [0.29, 0.717) is 0 Å². The van der Waals surface area contributed by atoms with Crippen molar-refractivity contribution in [2.45, 2.75) is 26.3 Å². The fourth-order valence-electron chi connectivity index (χ4n) is 1.07. The van der Waals surface area contributed by atoms with Crippen LogP contribution in [0, 0.1) is 6.92 Å². The molecule has 1 heterocycles. The zero-order chi connectivity index (χ0) is 9.68. The molecule has 0 saturated heterocycles. The van der Waals surface area contributed by atoms with E-state index in [0.717, 1.165) is 24.5 Å². The van der Waals surface area contributed by atoms with Crippen molar-refractivity contribution in [3.05, 3.63) is 23.9 Å². The van der Waals surface area contributed by atoms with Gasteiger partial charge in [0.15, 0.2) is 0 Å². The monoisotopic (exact) mass is 179 g/mol. The van der Waals surface area contributed by atoms with Gasteiger partial charge in [-0.05, 0) is 32.4 Å². The topological polar surface area (TPSA) is 50.9 Å². The molecule has 3 heteroatoms. The summed E-state index contributed by atoms with van der Waals surface area (Å²) in [4.78, 5) is 4.32. The largest absolute Gasteiger partial charge is 0.370 e. The van der Waals surface area contributed by atoms with E-state index in [1.54, 1.807) is 0 Å². The molecule has 1 aromatic heterocycles. The highest BCUT2D eigenvalue weighted by Crippen LogP contribution is 2.03. The van der Waals surface area contributed by atoms with Crippen LogP contribution in [-0.4, -0.2) is 17.6 Å². The van der Waals surface area contributed by atoms with Crippen LogP contribution in [-0.2, 0) is 0 Å². The van der Waals surface area contributed by atoms with Crippen molar-refractivity contribution in [3.8, 4) is 0 Å². The molecule has 72 valence electrons. The minimum Gasteiger partial charge on any atom is -0.370 e. The number of hydrogen-bond donors (Lipinski definition) is 2. The van der Waals surface area contributed by atoms with Gasteiger partial charge < -0.3 is 11.1 Å². The number of nitrogens with one attached hydrogen (secondary N) is 1. The van der Waals surface area contributed by atoms with Crippen molar-refractivity contribution >= 4 is 5.82 Å². The Bertz CT molecular complexity index is 258. The molecule has 0 saturated carbocycles. The van der Waals surface area contributed by atoms with Crippen LogP contribution < -0.4 is 11.1 Å². The highest BCUT2D eigenvalue weighted by atomic mass is 15.0. The molecule has 3 nitrogen and oxygen atoms in total. The number of nitrogens with two attached hydrogens (primary N) is 1. The molecule has 0 aliphatic heterocycles. The van der Waals surface area contributed by atoms with Crippen LogP contribution >= 0.6 is 0 Å². The molecule has 0 aromatic carbocycles. The molecule has 0 radical (unpaired) electrons. The third-order valence-electron chi connectivity index (χ3n) is 1.79. The Kier molecular flexibility index (Phi) is 3.71. The van der Waals surface area contributed by atoms with Gasteiger partial charge in [-0.2, -0.15) is 0 Å². The Morgan fingerprint density at radius 3 is 2.92 bits per heavy atom. The van der Waals surface area contributed by atoms with Crippen LogP contribution in [0.4, 0.5) is 5.82 Å². The van der Waals surface area contributed by atoms with Crippen LogP contribution in [0.15, 0.2) is 18.2 Å². The Balaban J connectivity index is 2.37. The summed E-state index contributed by atoms with van der Waals surface area (Å²) >= 11 is 0. The maximum absolute atomic E-state index is 5.63. The first-order chi connectivity index (χ1) is 6.18. The van der Waals surface area contributed by atoms with E-state index in [1.807, 2.05) is 32.0 Å². The number of pyridine rings is 1. The molecule has 1 unspecified atom stereocenters. The Labute approximate surface area is 79.4 Å². The number of rotatable bonds is 4. The van der Waals surface area contributed by atoms with Crippen molar-refractivity contribution in [2.75, 3.05) is 11.9 Å². The first kappa shape index (κ1) is 9.99. The van der Waals surface area contributed by atoms with Gasteiger partial charge in [-0.25, -0.2) is 4.98 Å². The van der Waals surface area contributed by atoms with Gasteiger partial charge in [0.2, 0.25) is 0 Å². The molecule has 13 heavy (non-hydrogen) atoms. The normalized spacial score (nSPS) is 12.5. The fraction of sp³-hybridized carbons (Fsp3) is 0.500. The number of aromatic nitrogens is 1. The van der Waals surface area contributed by atoms with E-state index in [1.165, 1.54) is 0 Å². The third kappa shape index (κ3) is 3.90. The smallest absolute Gasteiger partial charge is 0.126 e. The molecule has 0 aliphatic carbocycles. The minimum atomic E-state index is 0.248. The van der Waals surface area contributed by atoms with Crippen molar-refractivity contribution in [3.63, 3.8) is 0 Å². The lowest BCUT2D eigenvalue weighted by atomic mass is 10.2. The fourth-order valence-corrected chi connectivity index (χ4v) is 1.07. The molecule has 0 aliphatic rings. The quantitative estimate of drug-likeness (QED) is 0.737. The summed E-state index contributed by atoms with van der Waals surface area (Å²) in [6.07, 6.45) is 0.968. The highest BCUT2D eigenvalue weighted by molar-refractivity contribution is 5.34. The average Bonchev–Trinajstić information content (AvgIpc) is 2.03. The van der Waals surface area contributed by atoms with Crippen molar-refractivity contribution in [1.82, 2.24) is 4.98 Å². The van der Waals surface area contributed by atoms with E-state index in [-0.39, 0.29) is 6.04 Å². The number of anilines is 1. The molecule has 0 fully saturated rings.